The molecule has 2 amide bonds. The number of sulfonamides is 1. The van der Waals surface area contributed by atoms with Gasteiger partial charge in [-0.3, -0.25) is 9.59 Å². The van der Waals surface area contributed by atoms with Gasteiger partial charge in [-0.15, -0.1) is 11.3 Å². The summed E-state index contributed by atoms with van der Waals surface area (Å²) in [5, 5.41) is 12.8. The number of rotatable bonds is 4. The number of fused-ring (bicyclic) bond motifs is 1. The average Bonchev–Trinajstić information content (AvgIpc) is 3.15. The van der Waals surface area contributed by atoms with E-state index in [0.29, 0.717) is 56.4 Å². The summed E-state index contributed by atoms with van der Waals surface area (Å²) in [6.45, 7) is 3.78. The fourth-order valence-electron chi connectivity index (χ4n) is 3.77. The third kappa shape index (κ3) is 4.27. The number of nitriles is 1. The number of hydrogen-bond donors (Lipinski definition) is 1. The van der Waals surface area contributed by atoms with Crippen LogP contribution in [0.15, 0.2) is 29.2 Å². The Labute approximate surface area is 190 Å². The Kier molecular flexibility index (Phi) is 6.30. The lowest BCUT2D eigenvalue weighted by Gasteiger charge is -2.26. The van der Waals surface area contributed by atoms with Crippen molar-refractivity contribution in [3.05, 3.63) is 45.8 Å². The van der Waals surface area contributed by atoms with Crippen LogP contribution in [0.2, 0.25) is 0 Å². The second kappa shape index (κ2) is 8.99. The minimum atomic E-state index is -3.64. The number of amides is 2. The number of hydrogen-bond acceptors (Lipinski definition) is 7. The third-order valence-corrected chi connectivity index (χ3v) is 8.61. The maximum absolute atomic E-state index is 12.8. The Morgan fingerprint density at radius 3 is 2.47 bits per heavy atom. The maximum atomic E-state index is 12.8. The van der Waals surface area contributed by atoms with Crippen molar-refractivity contribution in [3.63, 3.8) is 0 Å². The lowest BCUT2D eigenvalue weighted by molar-refractivity contribution is -0.129. The van der Waals surface area contributed by atoms with Gasteiger partial charge in [0.2, 0.25) is 15.9 Å². The molecule has 1 fully saturated rings. The molecule has 0 unspecified atom stereocenters. The van der Waals surface area contributed by atoms with Crippen LogP contribution in [0.5, 0.6) is 0 Å². The zero-order valence-corrected chi connectivity index (χ0v) is 19.1. The van der Waals surface area contributed by atoms with Crippen molar-refractivity contribution in [2.24, 2.45) is 0 Å². The highest BCUT2D eigenvalue weighted by Crippen LogP contribution is 2.37. The monoisotopic (exact) mass is 474 g/mol. The molecule has 0 aliphatic carbocycles. The van der Waals surface area contributed by atoms with Gasteiger partial charge in [-0.25, -0.2) is 8.42 Å². The molecule has 1 aromatic carbocycles. The van der Waals surface area contributed by atoms with Gasteiger partial charge in [0, 0.05) is 37.0 Å². The van der Waals surface area contributed by atoms with Gasteiger partial charge < -0.3 is 15.0 Å². The Hall–Kier alpha value is -2.78. The topological polar surface area (TPSA) is 120 Å². The molecule has 3 heterocycles. The molecule has 2 aliphatic heterocycles. The summed E-state index contributed by atoms with van der Waals surface area (Å²) in [5.41, 5.74) is 1.58. The van der Waals surface area contributed by atoms with E-state index in [4.69, 9.17) is 4.74 Å². The van der Waals surface area contributed by atoms with Gasteiger partial charge in [-0.1, -0.05) is 0 Å². The molecule has 2 aliphatic rings. The van der Waals surface area contributed by atoms with E-state index in [9.17, 15) is 23.3 Å². The predicted octanol–water partition coefficient (Wildman–Crippen LogP) is 1.80. The molecule has 0 spiro atoms. The Morgan fingerprint density at radius 2 is 1.84 bits per heavy atom. The highest BCUT2D eigenvalue weighted by Gasteiger charge is 2.28. The summed E-state index contributed by atoms with van der Waals surface area (Å²) in [6.07, 6.45) is 0.568. The van der Waals surface area contributed by atoms with Gasteiger partial charge >= 0.3 is 0 Å². The van der Waals surface area contributed by atoms with Gasteiger partial charge in [-0.05, 0) is 36.2 Å². The number of anilines is 1. The summed E-state index contributed by atoms with van der Waals surface area (Å²) in [5.74, 6) is -0.459. The van der Waals surface area contributed by atoms with E-state index in [1.54, 1.807) is 4.90 Å². The van der Waals surface area contributed by atoms with Crippen LogP contribution in [0, 0.1) is 11.3 Å². The van der Waals surface area contributed by atoms with Crippen molar-refractivity contribution >= 4 is 38.2 Å². The largest absolute Gasteiger partial charge is 0.379 e. The van der Waals surface area contributed by atoms with E-state index in [0.717, 1.165) is 10.4 Å². The minimum absolute atomic E-state index is 0.0275. The summed E-state index contributed by atoms with van der Waals surface area (Å²) in [7, 11) is -3.64. The quantitative estimate of drug-likeness (QED) is 0.722. The zero-order chi connectivity index (χ0) is 22.9. The smallest absolute Gasteiger partial charge is 0.256 e. The molecule has 1 aromatic heterocycles. The Bertz CT molecular complexity index is 1190. The van der Waals surface area contributed by atoms with Crippen LogP contribution in [0.25, 0.3) is 0 Å². The fraction of sp³-hybridized carbons (Fsp3) is 0.381. The van der Waals surface area contributed by atoms with Crippen LogP contribution in [-0.2, 0) is 32.5 Å². The molecular formula is C21H22N4O5S2. The second-order valence-corrected chi connectivity index (χ2v) is 10.5. The van der Waals surface area contributed by atoms with Gasteiger partial charge in [0.15, 0.2) is 0 Å². The number of benzene rings is 1. The number of carbonyl (C=O) groups excluding carboxylic acids is 2. The summed E-state index contributed by atoms with van der Waals surface area (Å²) < 4.78 is 32.0. The molecule has 0 bridgehead atoms. The number of carbonyl (C=O) groups is 2. The fourth-order valence-corrected chi connectivity index (χ4v) is 6.38. The molecule has 1 saturated heterocycles. The standard InChI is InChI=1S/C21H22N4O5S2/c1-14(26)24-7-6-17-18(12-22)21(31-19(17)13-24)23-20(27)15-2-4-16(5-3-15)32(28,29)25-8-10-30-11-9-25/h2-5H,6-11,13H2,1H3,(H,23,27). The highest BCUT2D eigenvalue weighted by atomic mass is 32.2. The molecule has 32 heavy (non-hydrogen) atoms. The van der Waals surface area contributed by atoms with E-state index in [1.807, 2.05) is 0 Å². The first-order valence-corrected chi connectivity index (χ1v) is 12.4. The number of ether oxygens (including phenoxy) is 1. The van der Waals surface area contributed by atoms with Crippen LogP contribution in [0.1, 0.15) is 33.3 Å². The summed E-state index contributed by atoms with van der Waals surface area (Å²) in [4.78, 5) is 27.2. The summed E-state index contributed by atoms with van der Waals surface area (Å²) >= 11 is 1.29. The van der Waals surface area contributed by atoms with Crippen LogP contribution in [0.3, 0.4) is 0 Å². The molecule has 11 heteroatoms. The lowest BCUT2D eigenvalue weighted by Crippen LogP contribution is -2.40. The van der Waals surface area contributed by atoms with Crippen LogP contribution in [-0.4, -0.2) is 62.3 Å². The number of morpholine rings is 1. The van der Waals surface area contributed by atoms with Gasteiger partial charge in [0.1, 0.15) is 11.1 Å². The summed E-state index contributed by atoms with van der Waals surface area (Å²) in [6, 6.07) is 7.91. The molecular weight excluding hydrogens is 452 g/mol. The normalized spacial score (nSPS) is 16.8. The van der Waals surface area contributed by atoms with Crippen molar-refractivity contribution in [1.82, 2.24) is 9.21 Å². The Balaban J connectivity index is 1.51. The van der Waals surface area contributed by atoms with Crippen LogP contribution in [0.4, 0.5) is 5.00 Å². The van der Waals surface area contributed by atoms with E-state index in [2.05, 4.69) is 11.4 Å². The molecule has 2 aromatic rings. The molecule has 0 atom stereocenters. The molecule has 1 N–H and O–H groups in total. The van der Waals surface area contributed by atoms with Crippen molar-refractivity contribution in [1.29, 1.82) is 5.26 Å². The van der Waals surface area contributed by atoms with E-state index < -0.39 is 15.9 Å². The van der Waals surface area contributed by atoms with Crippen molar-refractivity contribution < 1.29 is 22.7 Å². The first kappa shape index (κ1) is 22.4. The highest BCUT2D eigenvalue weighted by molar-refractivity contribution is 7.89. The molecule has 0 radical (unpaired) electrons. The zero-order valence-electron chi connectivity index (χ0n) is 17.5. The Morgan fingerprint density at radius 1 is 1.16 bits per heavy atom. The van der Waals surface area contributed by atoms with Crippen molar-refractivity contribution in [2.45, 2.75) is 24.8 Å². The average molecular weight is 475 g/mol. The number of nitrogens with zero attached hydrogens (tertiary/aromatic N) is 3. The molecule has 168 valence electrons. The molecule has 0 saturated carbocycles. The third-order valence-electron chi connectivity index (χ3n) is 5.57. The minimum Gasteiger partial charge on any atom is -0.379 e. The first-order valence-electron chi connectivity index (χ1n) is 10.1. The SMILES string of the molecule is CC(=O)N1CCc2c(sc(NC(=O)c3ccc(S(=O)(=O)N4CCOCC4)cc3)c2C#N)C1. The van der Waals surface area contributed by atoms with Gasteiger partial charge in [-0.2, -0.15) is 9.57 Å². The van der Waals surface area contributed by atoms with E-state index in [1.165, 1.54) is 46.8 Å². The van der Waals surface area contributed by atoms with Crippen molar-refractivity contribution in [2.75, 3.05) is 38.2 Å². The predicted molar refractivity (Wildman–Crippen MR) is 118 cm³/mol. The first-order chi connectivity index (χ1) is 15.3. The van der Waals surface area contributed by atoms with Gasteiger partial charge in [0.25, 0.3) is 5.91 Å². The van der Waals surface area contributed by atoms with E-state index in [-0.39, 0.29) is 16.4 Å². The lowest BCUT2D eigenvalue weighted by atomic mass is 10.0. The maximum Gasteiger partial charge on any atom is 0.256 e. The van der Waals surface area contributed by atoms with Gasteiger partial charge in [0.05, 0.1) is 30.2 Å². The van der Waals surface area contributed by atoms with Crippen LogP contribution < -0.4 is 5.32 Å². The van der Waals surface area contributed by atoms with Crippen LogP contribution >= 0.6 is 11.3 Å². The second-order valence-electron chi connectivity index (χ2n) is 7.51. The number of nitrogens with one attached hydrogen (secondary N) is 1. The van der Waals surface area contributed by atoms with E-state index >= 15 is 0 Å². The number of thiophene rings is 1. The van der Waals surface area contributed by atoms with Crippen molar-refractivity contribution in [3.8, 4) is 6.07 Å². The molecule has 4 rings (SSSR count). The molecule has 9 nitrogen and oxygen atoms in total.